The van der Waals surface area contributed by atoms with Gasteiger partial charge in [0, 0.05) is 12.1 Å². The summed E-state index contributed by atoms with van der Waals surface area (Å²) in [6, 6.07) is 13.4. The highest BCUT2D eigenvalue weighted by Gasteiger charge is 2.33. The second-order valence-corrected chi connectivity index (χ2v) is 11.6. The SMILES string of the molecule is CCC(C(=O)NC(C)(C)C)N(Cc1cccc(OC)c1)C(=O)CN(c1cccc(C)c1)S(C)(=O)=O. The molecule has 35 heavy (non-hydrogen) atoms. The molecule has 0 radical (unpaired) electrons. The molecule has 1 unspecified atom stereocenters. The van der Waals surface area contributed by atoms with Gasteiger partial charge in [-0.1, -0.05) is 31.2 Å². The zero-order chi connectivity index (χ0) is 26.4. The fourth-order valence-corrected chi connectivity index (χ4v) is 4.58. The first kappa shape index (κ1) is 28.2. The molecule has 0 aliphatic heterocycles. The lowest BCUT2D eigenvalue weighted by Crippen LogP contribution is -2.55. The van der Waals surface area contributed by atoms with Gasteiger partial charge in [0.1, 0.15) is 18.3 Å². The Balaban J connectivity index is 2.48. The number of ether oxygens (including phenoxy) is 1. The van der Waals surface area contributed by atoms with E-state index in [1.165, 1.54) is 4.90 Å². The fourth-order valence-electron chi connectivity index (χ4n) is 3.74. The van der Waals surface area contributed by atoms with Crippen molar-refractivity contribution in [3.8, 4) is 5.75 Å². The molecule has 2 rings (SSSR count). The molecule has 0 fully saturated rings. The smallest absolute Gasteiger partial charge is 0.244 e. The Labute approximate surface area is 209 Å². The van der Waals surface area contributed by atoms with E-state index >= 15 is 0 Å². The van der Waals surface area contributed by atoms with Crippen LogP contribution in [-0.2, 0) is 26.2 Å². The van der Waals surface area contributed by atoms with Crippen molar-refractivity contribution in [1.82, 2.24) is 10.2 Å². The van der Waals surface area contributed by atoms with E-state index in [0.29, 0.717) is 17.9 Å². The molecule has 0 aliphatic carbocycles. The minimum atomic E-state index is -3.76. The van der Waals surface area contributed by atoms with E-state index in [2.05, 4.69) is 5.32 Å². The molecular weight excluding hydrogens is 466 g/mol. The monoisotopic (exact) mass is 503 g/mol. The lowest BCUT2D eigenvalue weighted by Gasteiger charge is -2.34. The van der Waals surface area contributed by atoms with Crippen LogP contribution in [0.25, 0.3) is 0 Å². The molecule has 8 nitrogen and oxygen atoms in total. The quantitative estimate of drug-likeness (QED) is 0.535. The second-order valence-electron chi connectivity index (χ2n) is 9.65. The van der Waals surface area contributed by atoms with E-state index in [4.69, 9.17) is 4.74 Å². The summed E-state index contributed by atoms with van der Waals surface area (Å²) >= 11 is 0. The number of sulfonamides is 1. The number of benzene rings is 2. The summed E-state index contributed by atoms with van der Waals surface area (Å²) < 4.78 is 31.7. The molecule has 0 saturated carbocycles. The predicted octanol–water partition coefficient (Wildman–Crippen LogP) is 3.49. The highest BCUT2D eigenvalue weighted by Crippen LogP contribution is 2.22. The van der Waals surface area contributed by atoms with Gasteiger partial charge in [-0.15, -0.1) is 0 Å². The first-order valence-electron chi connectivity index (χ1n) is 11.5. The van der Waals surface area contributed by atoms with Gasteiger partial charge in [0.2, 0.25) is 21.8 Å². The van der Waals surface area contributed by atoms with E-state index in [1.54, 1.807) is 37.4 Å². The number of methoxy groups -OCH3 is 1. The van der Waals surface area contributed by atoms with Gasteiger partial charge in [0.15, 0.2) is 0 Å². The van der Waals surface area contributed by atoms with E-state index in [1.807, 2.05) is 52.8 Å². The van der Waals surface area contributed by atoms with Gasteiger partial charge in [-0.05, 0) is 69.5 Å². The molecule has 1 atom stereocenters. The Morgan fingerprint density at radius 2 is 1.74 bits per heavy atom. The van der Waals surface area contributed by atoms with Crippen LogP contribution in [0.15, 0.2) is 48.5 Å². The fraction of sp³-hybridized carbons (Fsp3) is 0.462. The molecule has 0 aliphatic rings. The average molecular weight is 504 g/mol. The van der Waals surface area contributed by atoms with Crippen LogP contribution < -0.4 is 14.4 Å². The standard InChI is InChI=1S/C26H37N3O5S/c1-8-23(25(31)27-26(3,4)5)28(17-20-12-10-14-22(16-20)34-6)24(30)18-29(35(7,32)33)21-13-9-11-19(2)15-21/h9-16,23H,8,17-18H2,1-7H3,(H,27,31). The van der Waals surface area contributed by atoms with Crippen molar-refractivity contribution < 1.29 is 22.7 Å². The Bertz CT molecular complexity index is 1140. The lowest BCUT2D eigenvalue weighted by molar-refractivity contribution is -0.141. The first-order chi connectivity index (χ1) is 16.2. The number of hydrogen-bond donors (Lipinski definition) is 1. The van der Waals surface area contributed by atoms with Crippen LogP contribution in [-0.4, -0.2) is 56.6 Å². The molecule has 0 spiro atoms. The Morgan fingerprint density at radius 1 is 1.09 bits per heavy atom. The van der Waals surface area contributed by atoms with Crippen molar-refractivity contribution in [1.29, 1.82) is 0 Å². The lowest BCUT2D eigenvalue weighted by atomic mass is 10.1. The van der Waals surface area contributed by atoms with Crippen LogP contribution in [0.5, 0.6) is 5.75 Å². The number of nitrogens with one attached hydrogen (secondary N) is 1. The average Bonchev–Trinajstić information content (AvgIpc) is 2.75. The molecule has 0 heterocycles. The highest BCUT2D eigenvalue weighted by atomic mass is 32.2. The molecule has 0 saturated heterocycles. The number of amides is 2. The highest BCUT2D eigenvalue weighted by molar-refractivity contribution is 7.92. The van der Waals surface area contributed by atoms with Crippen LogP contribution >= 0.6 is 0 Å². The second kappa shape index (κ2) is 11.6. The number of nitrogens with zero attached hydrogens (tertiary/aromatic N) is 2. The summed E-state index contributed by atoms with van der Waals surface area (Å²) in [5, 5.41) is 2.95. The van der Waals surface area contributed by atoms with E-state index in [-0.39, 0.29) is 12.5 Å². The minimum absolute atomic E-state index is 0.123. The maximum absolute atomic E-state index is 13.7. The van der Waals surface area contributed by atoms with Crippen molar-refractivity contribution in [3.63, 3.8) is 0 Å². The number of hydrogen-bond acceptors (Lipinski definition) is 5. The van der Waals surface area contributed by atoms with E-state index in [9.17, 15) is 18.0 Å². The summed E-state index contributed by atoms with van der Waals surface area (Å²) in [5.74, 6) is -0.145. The van der Waals surface area contributed by atoms with Crippen molar-refractivity contribution in [2.45, 2.75) is 59.2 Å². The third-order valence-electron chi connectivity index (χ3n) is 5.34. The Hall–Kier alpha value is -3.07. The summed E-state index contributed by atoms with van der Waals surface area (Å²) in [6.07, 6.45) is 1.43. The molecule has 192 valence electrons. The van der Waals surface area contributed by atoms with Crippen molar-refractivity contribution in [2.24, 2.45) is 0 Å². The van der Waals surface area contributed by atoms with Crippen LogP contribution in [0.2, 0.25) is 0 Å². The third-order valence-corrected chi connectivity index (χ3v) is 6.48. The number of carbonyl (C=O) groups excluding carboxylic acids is 2. The topological polar surface area (TPSA) is 96.0 Å². The number of rotatable bonds is 10. The van der Waals surface area contributed by atoms with Crippen LogP contribution in [0.1, 0.15) is 45.2 Å². The number of carbonyl (C=O) groups is 2. The van der Waals surface area contributed by atoms with E-state index < -0.39 is 34.1 Å². The molecule has 2 aromatic carbocycles. The molecule has 2 aromatic rings. The normalized spacial score (nSPS) is 12.5. The van der Waals surface area contributed by atoms with Crippen molar-refractivity contribution >= 4 is 27.5 Å². The molecule has 2 amide bonds. The van der Waals surface area contributed by atoms with Gasteiger partial charge >= 0.3 is 0 Å². The molecule has 0 bridgehead atoms. The minimum Gasteiger partial charge on any atom is -0.497 e. The van der Waals surface area contributed by atoms with Gasteiger partial charge in [-0.25, -0.2) is 8.42 Å². The molecule has 1 N–H and O–H groups in total. The van der Waals surface area contributed by atoms with Crippen LogP contribution in [0.3, 0.4) is 0 Å². The van der Waals surface area contributed by atoms with Crippen molar-refractivity contribution in [3.05, 3.63) is 59.7 Å². The Morgan fingerprint density at radius 3 is 2.29 bits per heavy atom. The molecular formula is C26H37N3O5S. The maximum atomic E-state index is 13.7. The predicted molar refractivity (Wildman–Crippen MR) is 139 cm³/mol. The van der Waals surface area contributed by atoms with Gasteiger partial charge in [-0.2, -0.15) is 0 Å². The Kier molecular flexibility index (Phi) is 9.31. The maximum Gasteiger partial charge on any atom is 0.244 e. The number of aryl methyl sites for hydroxylation is 1. The molecule has 9 heteroatoms. The van der Waals surface area contributed by atoms with Crippen LogP contribution in [0, 0.1) is 6.92 Å². The first-order valence-corrected chi connectivity index (χ1v) is 13.4. The summed E-state index contributed by atoms with van der Waals surface area (Å²) in [7, 11) is -2.21. The van der Waals surface area contributed by atoms with Gasteiger partial charge in [-0.3, -0.25) is 13.9 Å². The summed E-state index contributed by atoms with van der Waals surface area (Å²) in [6.45, 7) is 8.99. The van der Waals surface area contributed by atoms with Crippen LogP contribution in [0.4, 0.5) is 5.69 Å². The van der Waals surface area contributed by atoms with E-state index in [0.717, 1.165) is 21.7 Å². The van der Waals surface area contributed by atoms with Gasteiger partial charge < -0.3 is 15.0 Å². The summed E-state index contributed by atoms with van der Waals surface area (Å²) in [5.41, 5.74) is 1.54. The zero-order valence-corrected chi connectivity index (χ0v) is 22.5. The number of anilines is 1. The van der Waals surface area contributed by atoms with Gasteiger partial charge in [0.05, 0.1) is 19.1 Å². The largest absolute Gasteiger partial charge is 0.497 e. The third kappa shape index (κ3) is 8.28. The zero-order valence-electron chi connectivity index (χ0n) is 21.7. The van der Waals surface area contributed by atoms with Gasteiger partial charge in [0.25, 0.3) is 0 Å². The van der Waals surface area contributed by atoms with Crippen molar-refractivity contribution in [2.75, 3.05) is 24.2 Å². The molecule has 0 aromatic heterocycles. The summed E-state index contributed by atoms with van der Waals surface area (Å²) in [4.78, 5) is 28.3.